The van der Waals surface area contributed by atoms with Crippen molar-refractivity contribution in [1.29, 1.82) is 0 Å². The quantitative estimate of drug-likeness (QED) is 0.616. The van der Waals surface area contributed by atoms with Gasteiger partial charge in [0.2, 0.25) is 0 Å². The van der Waals surface area contributed by atoms with Gasteiger partial charge in [-0.1, -0.05) is 6.92 Å². The number of aromatic nitrogens is 2. The Morgan fingerprint density at radius 1 is 1.53 bits per heavy atom. The molecular weight excluding hydrogens is 262 g/mol. The van der Waals surface area contributed by atoms with Crippen molar-refractivity contribution in [2.24, 2.45) is 0 Å². The molecule has 0 saturated carbocycles. The number of nitro groups is 1. The second-order valence-electron chi connectivity index (χ2n) is 4.28. The number of aryl methyl sites for hydroxylation is 1. The van der Waals surface area contributed by atoms with E-state index in [1.54, 1.807) is 4.68 Å². The minimum atomic E-state index is -0.391. The normalized spacial score (nSPS) is 11.8. The monoisotopic (exact) mass is 275 g/mol. The summed E-state index contributed by atoms with van der Waals surface area (Å²) >= 11 is 3.24. The van der Waals surface area contributed by atoms with Gasteiger partial charge in [0.15, 0.2) is 4.60 Å². The third kappa shape index (κ3) is 2.19. The lowest BCUT2D eigenvalue weighted by Crippen LogP contribution is -2.23. The molecule has 1 heterocycles. The molecule has 0 aliphatic rings. The average molecular weight is 276 g/mol. The first-order valence-corrected chi connectivity index (χ1v) is 5.50. The molecule has 0 bridgehead atoms. The van der Waals surface area contributed by atoms with Gasteiger partial charge in [-0.25, -0.2) is 4.68 Å². The molecule has 5 nitrogen and oxygen atoms in total. The molecule has 0 radical (unpaired) electrons. The van der Waals surface area contributed by atoms with Crippen LogP contribution in [0.5, 0.6) is 0 Å². The number of hydrogen-bond donors (Lipinski definition) is 0. The van der Waals surface area contributed by atoms with Crippen LogP contribution < -0.4 is 0 Å². The third-order valence-corrected chi connectivity index (χ3v) is 2.74. The number of nitrogens with zero attached hydrogens (tertiary/aromatic N) is 3. The van der Waals surface area contributed by atoms with E-state index in [0.29, 0.717) is 16.7 Å². The highest BCUT2D eigenvalue weighted by Gasteiger charge is 2.29. The summed E-state index contributed by atoms with van der Waals surface area (Å²) in [5.41, 5.74) is 0.325. The number of rotatable bonds is 2. The van der Waals surface area contributed by atoms with Crippen LogP contribution in [0.3, 0.4) is 0 Å². The third-order valence-electron chi connectivity index (χ3n) is 2.03. The first-order chi connectivity index (χ1) is 6.79. The summed E-state index contributed by atoms with van der Waals surface area (Å²) in [6, 6.07) is 0. The van der Waals surface area contributed by atoms with Crippen LogP contribution in [-0.2, 0) is 12.0 Å². The Morgan fingerprint density at radius 3 is 2.33 bits per heavy atom. The molecule has 0 N–H and O–H groups in total. The Hall–Kier alpha value is -0.910. The van der Waals surface area contributed by atoms with Gasteiger partial charge in [-0.15, -0.1) is 0 Å². The molecule has 0 aromatic carbocycles. The SMILES string of the molecule is CCc1nn(C(C)(C)C)c(Br)c1[N+](=O)[O-]. The van der Waals surface area contributed by atoms with Crippen molar-refractivity contribution in [3.8, 4) is 0 Å². The van der Waals surface area contributed by atoms with Crippen molar-refractivity contribution in [1.82, 2.24) is 9.78 Å². The average Bonchev–Trinajstić information content (AvgIpc) is 2.41. The van der Waals surface area contributed by atoms with E-state index in [2.05, 4.69) is 21.0 Å². The molecule has 0 atom stereocenters. The molecule has 0 amide bonds. The highest BCUT2D eigenvalue weighted by Crippen LogP contribution is 2.32. The standard InChI is InChI=1S/C9H14BrN3O2/c1-5-6-7(13(14)15)8(10)12(11-6)9(2,3)4/h5H2,1-4H3. The summed E-state index contributed by atoms with van der Waals surface area (Å²) in [4.78, 5) is 10.5. The Bertz CT molecular complexity index is 393. The highest BCUT2D eigenvalue weighted by molar-refractivity contribution is 9.10. The fourth-order valence-electron chi connectivity index (χ4n) is 1.29. The molecule has 0 fully saturated rings. The molecule has 6 heteroatoms. The van der Waals surface area contributed by atoms with E-state index in [0.717, 1.165) is 0 Å². The van der Waals surface area contributed by atoms with Gasteiger partial charge >= 0.3 is 5.69 Å². The van der Waals surface area contributed by atoms with Crippen LogP contribution in [0.1, 0.15) is 33.4 Å². The fraction of sp³-hybridized carbons (Fsp3) is 0.667. The lowest BCUT2D eigenvalue weighted by atomic mass is 10.1. The molecule has 1 aromatic rings. The Balaban J connectivity index is 3.41. The lowest BCUT2D eigenvalue weighted by molar-refractivity contribution is -0.386. The molecule has 84 valence electrons. The van der Waals surface area contributed by atoms with Gasteiger partial charge in [0.25, 0.3) is 0 Å². The maximum Gasteiger partial charge on any atom is 0.324 e. The number of halogens is 1. The molecule has 15 heavy (non-hydrogen) atoms. The maximum absolute atomic E-state index is 10.9. The van der Waals surface area contributed by atoms with E-state index in [-0.39, 0.29) is 11.2 Å². The van der Waals surface area contributed by atoms with Crippen molar-refractivity contribution >= 4 is 21.6 Å². The van der Waals surface area contributed by atoms with Crippen LogP contribution in [-0.4, -0.2) is 14.7 Å². The van der Waals surface area contributed by atoms with Gasteiger partial charge in [0, 0.05) is 0 Å². The van der Waals surface area contributed by atoms with E-state index >= 15 is 0 Å². The molecular formula is C9H14BrN3O2. The predicted molar refractivity (Wildman–Crippen MR) is 61.0 cm³/mol. The molecule has 0 unspecified atom stereocenters. The summed E-state index contributed by atoms with van der Waals surface area (Å²) in [5, 5.41) is 15.1. The highest BCUT2D eigenvalue weighted by atomic mass is 79.9. The summed E-state index contributed by atoms with van der Waals surface area (Å²) in [6.45, 7) is 7.71. The van der Waals surface area contributed by atoms with E-state index in [4.69, 9.17) is 0 Å². The van der Waals surface area contributed by atoms with E-state index < -0.39 is 4.92 Å². The molecule has 1 aromatic heterocycles. The van der Waals surface area contributed by atoms with Gasteiger partial charge in [0.1, 0.15) is 5.69 Å². The summed E-state index contributed by atoms with van der Waals surface area (Å²) in [5.74, 6) is 0. The van der Waals surface area contributed by atoms with E-state index in [1.807, 2.05) is 27.7 Å². The zero-order valence-electron chi connectivity index (χ0n) is 9.24. The van der Waals surface area contributed by atoms with Crippen molar-refractivity contribution in [3.05, 3.63) is 20.4 Å². The molecule has 1 rings (SSSR count). The first-order valence-electron chi connectivity index (χ1n) is 4.71. The topological polar surface area (TPSA) is 61.0 Å². The zero-order chi connectivity index (χ0) is 11.8. The minimum absolute atomic E-state index is 0.0763. The van der Waals surface area contributed by atoms with Gasteiger partial charge in [-0.05, 0) is 43.1 Å². The van der Waals surface area contributed by atoms with Crippen molar-refractivity contribution in [3.63, 3.8) is 0 Å². The smallest absolute Gasteiger partial charge is 0.258 e. The maximum atomic E-state index is 10.9. The van der Waals surface area contributed by atoms with Crippen LogP contribution in [0.2, 0.25) is 0 Å². The number of hydrogen-bond acceptors (Lipinski definition) is 3. The summed E-state index contributed by atoms with van der Waals surface area (Å²) in [6.07, 6.45) is 0.554. The summed E-state index contributed by atoms with van der Waals surface area (Å²) < 4.78 is 2.08. The van der Waals surface area contributed by atoms with Gasteiger partial charge < -0.3 is 0 Å². The Kier molecular flexibility index (Phi) is 3.18. The molecule has 0 spiro atoms. The van der Waals surface area contributed by atoms with Gasteiger partial charge in [-0.3, -0.25) is 10.1 Å². The van der Waals surface area contributed by atoms with Crippen molar-refractivity contribution < 1.29 is 4.92 Å². The minimum Gasteiger partial charge on any atom is -0.258 e. The lowest BCUT2D eigenvalue weighted by Gasteiger charge is -2.19. The predicted octanol–water partition coefficient (Wildman–Crippen LogP) is 2.87. The largest absolute Gasteiger partial charge is 0.324 e. The first kappa shape index (κ1) is 12.2. The van der Waals surface area contributed by atoms with Crippen LogP contribution >= 0.6 is 15.9 Å². The van der Waals surface area contributed by atoms with E-state index in [1.165, 1.54) is 0 Å². The van der Waals surface area contributed by atoms with Crippen LogP contribution in [0.4, 0.5) is 5.69 Å². The van der Waals surface area contributed by atoms with Crippen molar-refractivity contribution in [2.75, 3.05) is 0 Å². The second-order valence-corrected chi connectivity index (χ2v) is 5.03. The summed E-state index contributed by atoms with van der Waals surface area (Å²) in [7, 11) is 0. The van der Waals surface area contributed by atoms with Crippen LogP contribution in [0, 0.1) is 10.1 Å². The van der Waals surface area contributed by atoms with Gasteiger partial charge in [-0.2, -0.15) is 5.10 Å². The fourth-order valence-corrected chi connectivity index (χ4v) is 2.28. The Morgan fingerprint density at radius 2 is 2.07 bits per heavy atom. The molecule has 0 saturated heterocycles. The van der Waals surface area contributed by atoms with Crippen molar-refractivity contribution in [2.45, 2.75) is 39.7 Å². The Labute approximate surface area is 96.7 Å². The van der Waals surface area contributed by atoms with E-state index in [9.17, 15) is 10.1 Å². The second kappa shape index (κ2) is 3.92. The molecule has 0 aliphatic heterocycles. The van der Waals surface area contributed by atoms with Crippen LogP contribution in [0.15, 0.2) is 4.60 Å². The van der Waals surface area contributed by atoms with Gasteiger partial charge in [0.05, 0.1) is 10.5 Å². The van der Waals surface area contributed by atoms with Crippen LogP contribution in [0.25, 0.3) is 0 Å². The molecule has 0 aliphatic carbocycles. The zero-order valence-corrected chi connectivity index (χ0v) is 10.8.